The third-order valence-corrected chi connectivity index (χ3v) is 4.10. The standard InChI is InChI=1S/C15H11N4O/c1-18-12-7-17-5-3-10(12)13-15(18)20-14-11-6-16-4-2-9(11)8-19(13)14/h2-7H,8H2,1H3/q+1. The molecule has 0 N–H and O–H groups in total. The number of hydrogen-bond donors (Lipinski definition) is 0. The lowest BCUT2D eigenvalue weighted by atomic mass is 10.2. The van der Waals surface area contributed by atoms with Gasteiger partial charge in [0, 0.05) is 31.2 Å². The zero-order valence-corrected chi connectivity index (χ0v) is 10.9. The van der Waals surface area contributed by atoms with Crippen LogP contribution in [0.15, 0.2) is 41.3 Å². The Morgan fingerprint density at radius 1 is 1.20 bits per heavy atom. The van der Waals surface area contributed by atoms with Crippen molar-refractivity contribution in [2.24, 2.45) is 7.05 Å². The van der Waals surface area contributed by atoms with Gasteiger partial charge in [0.15, 0.2) is 6.54 Å². The number of aryl methyl sites for hydroxylation is 1. The van der Waals surface area contributed by atoms with Crippen LogP contribution in [0.4, 0.5) is 0 Å². The summed E-state index contributed by atoms with van der Waals surface area (Å²) in [5.41, 5.74) is 5.46. The maximum absolute atomic E-state index is 6.11. The van der Waals surface area contributed by atoms with Crippen LogP contribution in [0.2, 0.25) is 0 Å². The summed E-state index contributed by atoms with van der Waals surface area (Å²) in [6, 6.07) is 4.10. The van der Waals surface area contributed by atoms with Crippen molar-refractivity contribution in [1.29, 1.82) is 0 Å². The Bertz CT molecular complexity index is 996. The van der Waals surface area contributed by atoms with Gasteiger partial charge < -0.3 is 8.98 Å². The van der Waals surface area contributed by atoms with Crippen molar-refractivity contribution >= 4 is 22.1 Å². The minimum atomic E-state index is 0.835. The van der Waals surface area contributed by atoms with Crippen molar-refractivity contribution < 1.29 is 8.98 Å². The maximum Gasteiger partial charge on any atom is 0.385 e. The molecule has 0 bridgehead atoms. The Morgan fingerprint density at radius 2 is 2.05 bits per heavy atom. The van der Waals surface area contributed by atoms with E-state index in [1.54, 1.807) is 0 Å². The average molecular weight is 263 g/mol. The van der Waals surface area contributed by atoms with E-state index in [1.165, 1.54) is 10.9 Å². The monoisotopic (exact) mass is 263 g/mol. The number of nitrogens with zero attached hydrogens (tertiary/aromatic N) is 4. The van der Waals surface area contributed by atoms with Crippen LogP contribution in [-0.4, -0.2) is 14.5 Å². The highest BCUT2D eigenvalue weighted by atomic mass is 16.4. The molecule has 5 nitrogen and oxygen atoms in total. The van der Waals surface area contributed by atoms with Crippen LogP contribution in [0, 0.1) is 0 Å². The summed E-state index contributed by atoms with van der Waals surface area (Å²) in [5.74, 6) is 0.896. The summed E-state index contributed by atoms with van der Waals surface area (Å²) in [4.78, 5) is 8.40. The van der Waals surface area contributed by atoms with Gasteiger partial charge in [-0.15, -0.1) is 4.57 Å². The summed E-state index contributed by atoms with van der Waals surface area (Å²) >= 11 is 0. The molecule has 0 atom stereocenters. The minimum Gasteiger partial charge on any atom is -0.380 e. The first-order valence-electron chi connectivity index (χ1n) is 6.52. The molecule has 96 valence electrons. The van der Waals surface area contributed by atoms with E-state index in [1.807, 2.05) is 37.9 Å². The number of fused-ring (bicyclic) bond motifs is 7. The first-order chi connectivity index (χ1) is 9.84. The molecule has 0 saturated heterocycles. The topological polar surface area (TPSA) is 47.7 Å². The van der Waals surface area contributed by atoms with Gasteiger partial charge in [-0.25, -0.2) is 0 Å². The first kappa shape index (κ1) is 10.1. The number of hydrogen-bond acceptors (Lipinski definition) is 3. The second-order valence-corrected chi connectivity index (χ2v) is 5.13. The smallest absolute Gasteiger partial charge is 0.380 e. The maximum atomic E-state index is 6.11. The van der Waals surface area contributed by atoms with Crippen molar-refractivity contribution in [3.05, 3.63) is 42.5 Å². The van der Waals surface area contributed by atoms with Crippen LogP contribution in [0.1, 0.15) is 5.56 Å². The Labute approximate surface area is 114 Å². The molecule has 0 fully saturated rings. The molecule has 1 aliphatic heterocycles. The van der Waals surface area contributed by atoms with Crippen LogP contribution in [0.3, 0.4) is 0 Å². The largest absolute Gasteiger partial charge is 0.385 e. The van der Waals surface area contributed by atoms with E-state index in [-0.39, 0.29) is 0 Å². The molecule has 5 heterocycles. The zero-order valence-electron chi connectivity index (χ0n) is 10.9. The molecule has 1 aliphatic rings. The summed E-state index contributed by atoms with van der Waals surface area (Å²) in [6.07, 6.45) is 7.41. The van der Waals surface area contributed by atoms with Crippen LogP contribution < -0.4 is 4.57 Å². The van der Waals surface area contributed by atoms with Crippen molar-refractivity contribution in [1.82, 2.24) is 14.5 Å². The Hall–Kier alpha value is -2.69. The van der Waals surface area contributed by atoms with Crippen LogP contribution in [0.25, 0.3) is 33.6 Å². The molecule has 0 radical (unpaired) electrons. The SMILES string of the molecule is Cn1c2cnccc2c2c1oc1[n+]2Cc2ccncc2-1. The lowest BCUT2D eigenvalue weighted by molar-refractivity contribution is -0.648. The third kappa shape index (κ3) is 1.02. The Morgan fingerprint density at radius 3 is 3.00 bits per heavy atom. The van der Waals surface area contributed by atoms with Crippen molar-refractivity contribution in [2.75, 3.05) is 0 Å². The third-order valence-electron chi connectivity index (χ3n) is 4.10. The van der Waals surface area contributed by atoms with Crippen LogP contribution in [-0.2, 0) is 13.6 Å². The zero-order chi connectivity index (χ0) is 13.3. The molecule has 0 aromatic carbocycles. The van der Waals surface area contributed by atoms with Gasteiger partial charge in [-0.3, -0.25) is 9.97 Å². The van der Waals surface area contributed by atoms with E-state index in [0.29, 0.717) is 0 Å². The number of rotatable bonds is 0. The first-order valence-corrected chi connectivity index (χ1v) is 6.52. The Balaban J connectivity index is 1.97. The predicted octanol–water partition coefficient (Wildman–Crippen LogP) is 2.03. The molecule has 5 heteroatoms. The fourth-order valence-electron chi connectivity index (χ4n) is 3.14. The second-order valence-electron chi connectivity index (χ2n) is 5.13. The van der Waals surface area contributed by atoms with Gasteiger partial charge in [-0.05, 0) is 12.1 Å². The van der Waals surface area contributed by atoms with Gasteiger partial charge in [0.2, 0.25) is 0 Å². The van der Waals surface area contributed by atoms with E-state index in [4.69, 9.17) is 4.42 Å². The second kappa shape index (κ2) is 3.25. The van der Waals surface area contributed by atoms with E-state index >= 15 is 0 Å². The molecule has 0 spiro atoms. The predicted molar refractivity (Wildman–Crippen MR) is 73.0 cm³/mol. The van der Waals surface area contributed by atoms with E-state index < -0.39 is 0 Å². The molecular formula is C15H11N4O+. The fraction of sp³-hybridized carbons (Fsp3) is 0.133. The van der Waals surface area contributed by atoms with Gasteiger partial charge >= 0.3 is 5.89 Å². The molecule has 5 rings (SSSR count). The summed E-state index contributed by atoms with van der Waals surface area (Å²) in [7, 11) is 2.01. The molecular weight excluding hydrogens is 252 g/mol. The Kier molecular flexibility index (Phi) is 1.65. The lowest BCUT2D eigenvalue weighted by Gasteiger charge is -1.93. The van der Waals surface area contributed by atoms with Gasteiger partial charge in [-0.2, -0.15) is 0 Å². The van der Waals surface area contributed by atoms with Crippen molar-refractivity contribution in [3.63, 3.8) is 0 Å². The molecule has 0 aliphatic carbocycles. The minimum absolute atomic E-state index is 0.835. The molecule has 0 amide bonds. The normalized spacial score (nSPS) is 13.1. The molecule has 0 saturated carbocycles. The van der Waals surface area contributed by atoms with Gasteiger partial charge in [0.05, 0.1) is 17.1 Å². The number of aromatic nitrogens is 4. The highest BCUT2D eigenvalue weighted by molar-refractivity contribution is 6.02. The number of pyridine rings is 2. The average Bonchev–Trinajstić information content (AvgIpc) is 3.09. The van der Waals surface area contributed by atoms with E-state index in [9.17, 15) is 0 Å². The number of oxazole rings is 1. The van der Waals surface area contributed by atoms with Crippen LogP contribution >= 0.6 is 0 Å². The van der Waals surface area contributed by atoms with E-state index in [0.717, 1.165) is 34.7 Å². The van der Waals surface area contributed by atoms with Gasteiger partial charge in [-0.1, -0.05) is 0 Å². The van der Waals surface area contributed by atoms with E-state index in [2.05, 4.69) is 25.2 Å². The van der Waals surface area contributed by atoms with Crippen molar-refractivity contribution in [2.45, 2.75) is 6.54 Å². The van der Waals surface area contributed by atoms with Crippen molar-refractivity contribution in [3.8, 4) is 11.5 Å². The highest BCUT2D eigenvalue weighted by Gasteiger charge is 2.36. The quantitative estimate of drug-likeness (QED) is 0.402. The molecule has 0 unspecified atom stereocenters. The van der Waals surface area contributed by atoms with Gasteiger partial charge in [0.1, 0.15) is 5.56 Å². The van der Waals surface area contributed by atoms with Crippen LogP contribution in [0.5, 0.6) is 0 Å². The summed E-state index contributed by atoms with van der Waals surface area (Å²) < 4.78 is 10.4. The summed E-state index contributed by atoms with van der Waals surface area (Å²) in [6.45, 7) is 0.835. The van der Waals surface area contributed by atoms with Gasteiger partial charge in [0.25, 0.3) is 11.2 Å². The molecule has 4 aromatic rings. The fourth-order valence-corrected chi connectivity index (χ4v) is 3.14. The molecule has 4 aromatic heterocycles. The highest BCUT2D eigenvalue weighted by Crippen LogP contribution is 2.34. The summed E-state index contributed by atoms with van der Waals surface area (Å²) in [5, 5.41) is 1.17. The lowest BCUT2D eigenvalue weighted by Crippen LogP contribution is -2.30. The molecule has 20 heavy (non-hydrogen) atoms.